The Hall–Kier alpha value is -1.10. The fourth-order valence-electron chi connectivity index (χ4n) is 1.74. The SMILES string of the molecule is CC(C)COCCCN1C(=O)CNC(=O)C1C. The van der Waals surface area contributed by atoms with Gasteiger partial charge in [-0.1, -0.05) is 13.8 Å². The number of hydrogen-bond acceptors (Lipinski definition) is 3. The standard InChI is InChI=1S/C12H22N2O3/c1-9(2)8-17-6-4-5-14-10(3)12(16)13-7-11(14)15/h9-10H,4-8H2,1-3H3,(H,13,16). The lowest BCUT2D eigenvalue weighted by Crippen LogP contribution is -2.57. The smallest absolute Gasteiger partial charge is 0.242 e. The van der Waals surface area contributed by atoms with Gasteiger partial charge in [0.1, 0.15) is 6.04 Å². The van der Waals surface area contributed by atoms with Gasteiger partial charge in [-0.2, -0.15) is 0 Å². The summed E-state index contributed by atoms with van der Waals surface area (Å²) in [6.45, 7) is 8.03. The molecule has 17 heavy (non-hydrogen) atoms. The van der Waals surface area contributed by atoms with Crippen LogP contribution in [0.1, 0.15) is 27.2 Å². The fraction of sp³-hybridized carbons (Fsp3) is 0.833. The summed E-state index contributed by atoms with van der Waals surface area (Å²) < 4.78 is 5.44. The minimum Gasteiger partial charge on any atom is -0.381 e. The fourth-order valence-corrected chi connectivity index (χ4v) is 1.74. The van der Waals surface area contributed by atoms with Crippen LogP contribution < -0.4 is 5.32 Å². The molecule has 1 atom stereocenters. The second-order valence-electron chi connectivity index (χ2n) is 4.80. The van der Waals surface area contributed by atoms with Crippen molar-refractivity contribution in [2.45, 2.75) is 33.2 Å². The van der Waals surface area contributed by atoms with Crippen molar-refractivity contribution in [3.8, 4) is 0 Å². The molecular weight excluding hydrogens is 220 g/mol. The molecule has 1 rings (SSSR count). The van der Waals surface area contributed by atoms with Crippen molar-refractivity contribution in [1.82, 2.24) is 10.2 Å². The number of amides is 2. The van der Waals surface area contributed by atoms with Crippen molar-refractivity contribution in [2.75, 3.05) is 26.3 Å². The van der Waals surface area contributed by atoms with Crippen molar-refractivity contribution in [2.24, 2.45) is 5.92 Å². The molecule has 0 aromatic carbocycles. The van der Waals surface area contributed by atoms with E-state index in [0.717, 1.165) is 13.0 Å². The molecule has 0 aliphatic carbocycles. The van der Waals surface area contributed by atoms with Crippen LogP contribution in [0.25, 0.3) is 0 Å². The van der Waals surface area contributed by atoms with Crippen molar-refractivity contribution in [1.29, 1.82) is 0 Å². The van der Waals surface area contributed by atoms with Gasteiger partial charge >= 0.3 is 0 Å². The molecular formula is C12H22N2O3. The highest BCUT2D eigenvalue weighted by atomic mass is 16.5. The van der Waals surface area contributed by atoms with Gasteiger partial charge in [-0.25, -0.2) is 0 Å². The lowest BCUT2D eigenvalue weighted by molar-refractivity contribution is -0.145. The molecule has 0 bridgehead atoms. The molecule has 0 radical (unpaired) electrons. The van der Waals surface area contributed by atoms with E-state index in [1.165, 1.54) is 0 Å². The van der Waals surface area contributed by atoms with E-state index in [1.54, 1.807) is 11.8 Å². The first-order valence-electron chi connectivity index (χ1n) is 6.17. The second kappa shape index (κ2) is 6.59. The van der Waals surface area contributed by atoms with Crippen LogP contribution in [0.3, 0.4) is 0 Å². The first kappa shape index (κ1) is 14.0. The van der Waals surface area contributed by atoms with Gasteiger partial charge in [0.05, 0.1) is 6.54 Å². The predicted octanol–water partition coefficient (Wildman–Crippen LogP) is 0.396. The van der Waals surface area contributed by atoms with Crippen molar-refractivity contribution < 1.29 is 14.3 Å². The van der Waals surface area contributed by atoms with Crippen LogP contribution in [0.5, 0.6) is 0 Å². The summed E-state index contributed by atoms with van der Waals surface area (Å²) in [6.07, 6.45) is 0.774. The number of nitrogens with one attached hydrogen (secondary N) is 1. The summed E-state index contributed by atoms with van der Waals surface area (Å²) in [7, 11) is 0. The summed E-state index contributed by atoms with van der Waals surface area (Å²) >= 11 is 0. The average Bonchev–Trinajstić information content (AvgIpc) is 2.27. The Balaban J connectivity index is 2.24. The van der Waals surface area contributed by atoms with Crippen LogP contribution in [0.4, 0.5) is 0 Å². The van der Waals surface area contributed by atoms with Crippen LogP contribution in [0, 0.1) is 5.92 Å². The van der Waals surface area contributed by atoms with Gasteiger partial charge in [0.15, 0.2) is 0 Å². The molecule has 98 valence electrons. The Morgan fingerprint density at radius 3 is 2.82 bits per heavy atom. The number of piperazine rings is 1. The molecule has 0 aromatic rings. The third-order valence-electron chi connectivity index (χ3n) is 2.72. The van der Waals surface area contributed by atoms with Gasteiger partial charge in [0.25, 0.3) is 0 Å². The summed E-state index contributed by atoms with van der Waals surface area (Å²) in [5.74, 6) is 0.435. The first-order chi connectivity index (χ1) is 8.02. The van der Waals surface area contributed by atoms with E-state index in [-0.39, 0.29) is 24.4 Å². The zero-order chi connectivity index (χ0) is 12.8. The van der Waals surface area contributed by atoms with Crippen LogP contribution >= 0.6 is 0 Å². The Morgan fingerprint density at radius 1 is 1.47 bits per heavy atom. The van der Waals surface area contributed by atoms with Gasteiger partial charge < -0.3 is 15.0 Å². The maximum Gasteiger partial charge on any atom is 0.242 e. The van der Waals surface area contributed by atoms with E-state index in [2.05, 4.69) is 19.2 Å². The van der Waals surface area contributed by atoms with Gasteiger partial charge in [-0.15, -0.1) is 0 Å². The quantitative estimate of drug-likeness (QED) is 0.686. The normalized spacial score (nSPS) is 20.9. The molecule has 1 heterocycles. The zero-order valence-corrected chi connectivity index (χ0v) is 10.9. The Labute approximate surface area is 102 Å². The monoisotopic (exact) mass is 242 g/mol. The number of carbonyl (C=O) groups is 2. The van der Waals surface area contributed by atoms with E-state index in [0.29, 0.717) is 19.1 Å². The summed E-state index contributed by atoms with van der Waals surface area (Å²) in [5.41, 5.74) is 0. The molecule has 1 saturated heterocycles. The van der Waals surface area contributed by atoms with Crippen molar-refractivity contribution in [3.05, 3.63) is 0 Å². The molecule has 2 amide bonds. The highest BCUT2D eigenvalue weighted by molar-refractivity contribution is 5.94. The Kier molecular flexibility index (Phi) is 5.41. The molecule has 1 unspecified atom stereocenters. The van der Waals surface area contributed by atoms with Crippen LogP contribution in [-0.2, 0) is 14.3 Å². The summed E-state index contributed by atoms with van der Waals surface area (Å²) in [6, 6.07) is -0.360. The molecule has 0 spiro atoms. The lowest BCUT2D eigenvalue weighted by atomic mass is 10.2. The molecule has 0 saturated carbocycles. The third-order valence-corrected chi connectivity index (χ3v) is 2.72. The molecule has 5 nitrogen and oxygen atoms in total. The van der Waals surface area contributed by atoms with Crippen LogP contribution in [0.15, 0.2) is 0 Å². The number of hydrogen-bond donors (Lipinski definition) is 1. The highest BCUT2D eigenvalue weighted by Crippen LogP contribution is 2.06. The maximum atomic E-state index is 11.6. The largest absolute Gasteiger partial charge is 0.381 e. The number of carbonyl (C=O) groups excluding carboxylic acids is 2. The molecule has 1 aliphatic rings. The predicted molar refractivity (Wildman–Crippen MR) is 64.5 cm³/mol. The van der Waals surface area contributed by atoms with Gasteiger partial charge in [0, 0.05) is 19.8 Å². The highest BCUT2D eigenvalue weighted by Gasteiger charge is 2.30. The van der Waals surface area contributed by atoms with Crippen LogP contribution in [0.2, 0.25) is 0 Å². The molecule has 5 heteroatoms. The first-order valence-corrected chi connectivity index (χ1v) is 6.17. The van der Waals surface area contributed by atoms with Crippen molar-refractivity contribution >= 4 is 11.8 Å². The molecule has 1 N–H and O–H groups in total. The van der Waals surface area contributed by atoms with Gasteiger partial charge in [-0.3, -0.25) is 9.59 Å². The number of ether oxygens (including phenoxy) is 1. The third kappa shape index (κ3) is 4.34. The lowest BCUT2D eigenvalue weighted by Gasteiger charge is -2.32. The topological polar surface area (TPSA) is 58.6 Å². The number of nitrogens with zero attached hydrogens (tertiary/aromatic N) is 1. The minimum atomic E-state index is -0.360. The summed E-state index contributed by atoms with van der Waals surface area (Å²) in [4.78, 5) is 24.6. The van der Waals surface area contributed by atoms with E-state index < -0.39 is 0 Å². The van der Waals surface area contributed by atoms with E-state index in [9.17, 15) is 9.59 Å². The molecule has 0 aromatic heterocycles. The zero-order valence-electron chi connectivity index (χ0n) is 10.9. The maximum absolute atomic E-state index is 11.6. The number of rotatable bonds is 6. The van der Waals surface area contributed by atoms with Crippen molar-refractivity contribution in [3.63, 3.8) is 0 Å². The van der Waals surface area contributed by atoms with Crippen LogP contribution in [-0.4, -0.2) is 49.1 Å². The second-order valence-corrected chi connectivity index (χ2v) is 4.80. The molecule has 1 aliphatic heterocycles. The van der Waals surface area contributed by atoms with E-state index >= 15 is 0 Å². The van der Waals surface area contributed by atoms with Gasteiger partial charge in [-0.05, 0) is 19.3 Å². The van der Waals surface area contributed by atoms with E-state index in [4.69, 9.17) is 4.74 Å². The summed E-state index contributed by atoms with van der Waals surface area (Å²) in [5, 5.41) is 2.57. The average molecular weight is 242 g/mol. The molecule has 1 fully saturated rings. The van der Waals surface area contributed by atoms with Gasteiger partial charge in [0.2, 0.25) is 11.8 Å². The minimum absolute atomic E-state index is 0.0130. The van der Waals surface area contributed by atoms with E-state index in [1.807, 2.05) is 0 Å². The Bertz CT molecular complexity index is 279. The Morgan fingerprint density at radius 2 is 2.18 bits per heavy atom.